The number of ether oxygens (including phenoxy) is 1. The second kappa shape index (κ2) is 6.08. The summed E-state index contributed by atoms with van der Waals surface area (Å²) in [5.74, 6) is 0. The fourth-order valence-corrected chi connectivity index (χ4v) is 2.42. The standard InChI is InChI=1S/C11H20N2OS/c1-5-10-8-15-11(12-10)13(9(2)3)6-7-14-4/h8-9H,5-7H2,1-4H3. The Kier molecular flexibility index (Phi) is 5.05. The van der Waals surface area contributed by atoms with Gasteiger partial charge in [0.2, 0.25) is 0 Å². The number of thiazole rings is 1. The Labute approximate surface area is 96.1 Å². The van der Waals surface area contributed by atoms with E-state index >= 15 is 0 Å². The number of aryl methyl sites for hydroxylation is 1. The number of hydrogen-bond acceptors (Lipinski definition) is 4. The van der Waals surface area contributed by atoms with Crippen molar-refractivity contribution in [3.63, 3.8) is 0 Å². The molecule has 1 aromatic heterocycles. The van der Waals surface area contributed by atoms with E-state index in [-0.39, 0.29) is 0 Å². The fraction of sp³-hybridized carbons (Fsp3) is 0.727. The third kappa shape index (κ3) is 3.47. The van der Waals surface area contributed by atoms with Crippen LogP contribution in [0.4, 0.5) is 5.13 Å². The van der Waals surface area contributed by atoms with E-state index in [1.807, 2.05) is 0 Å². The predicted molar refractivity (Wildman–Crippen MR) is 65.9 cm³/mol. The van der Waals surface area contributed by atoms with Crippen molar-refractivity contribution in [2.45, 2.75) is 33.2 Å². The molecule has 0 atom stereocenters. The van der Waals surface area contributed by atoms with Gasteiger partial charge in [-0.05, 0) is 20.3 Å². The van der Waals surface area contributed by atoms with Crippen LogP contribution in [0.1, 0.15) is 26.5 Å². The number of aromatic nitrogens is 1. The quantitative estimate of drug-likeness (QED) is 0.748. The molecule has 3 nitrogen and oxygen atoms in total. The molecule has 1 heterocycles. The van der Waals surface area contributed by atoms with E-state index in [1.54, 1.807) is 18.4 Å². The molecule has 86 valence electrons. The number of anilines is 1. The van der Waals surface area contributed by atoms with Crippen LogP contribution in [0.25, 0.3) is 0 Å². The Morgan fingerprint density at radius 2 is 2.27 bits per heavy atom. The van der Waals surface area contributed by atoms with Crippen molar-refractivity contribution in [2.24, 2.45) is 0 Å². The Hall–Kier alpha value is -0.610. The Morgan fingerprint density at radius 1 is 1.53 bits per heavy atom. The maximum atomic E-state index is 5.11. The Bertz CT molecular complexity index is 286. The summed E-state index contributed by atoms with van der Waals surface area (Å²) in [6, 6.07) is 0.469. The van der Waals surface area contributed by atoms with Gasteiger partial charge in [-0.25, -0.2) is 4.98 Å². The summed E-state index contributed by atoms with van der Waals surface area (Å²) in [5, 5.41) is 3.25. The summed E-state index contributed by atoms with van der Waals surface area (Å²) >= 11 is 1.72. The van der Waals surface area contributed by atoms with Gasteiger partial charge in [0.1, 0.15) is 0 Å². The van der Waals surface area contributed by atoms with Crippen LogP contribution < -0.4 is 4.90 Å². The van der Waals surface area contributed by atoms with Crippen LogP contribution in [0.3, 0.4) is 0 Å². The molecular formula is C11H20N2OS. The summed E-state index contributed by atoms with van der Waals surface area (Å²) in [5.41, 5.74) is 1.18. The molecule has 0 N–H and O–H groups in total. The lowest BCUT2D eigenvalue weighted by molar-refractivity contribution is 0.204. The molecule has 0 aliphatic rings. The van der Waals surface area contributed by atoms with Gasteiger partial charge in [-0.2, -0.15) is 0 Å². The van der Waals surface area contributed by atoms with Crippen LogP contribution in [0.15, 0.2) is 5.38 Å². The van der Waals surface area contributed by atoms with E-state index in [9.17, 15) is 0 Å². The monoisotopic (exact) mass is 228 g/mol. The average Bonchev–Trinajstić information content (AvgIpc) is 2.66. The molecular weight excluding hydrogens is 208 g/mol. The average molecular weight is 228 g/mol. The van der Waals surface area contributed by atoms with Gasteiger partial charge in [-0.3, -0.25) is 0 Å². The van der Waals surface area contributed by atoms with Crippen LogP contribution in [0.5, 0.6) is 0 Å². The summed E-state index contributed by atoms with van der Waals surface area (Å²) in [7, 11) is 1.73. The zero-order valence-corrected chi connectivity index (χ0v) is 10.8. The van der Waals surface area contributed by atoms with Gasteiger partial charge in [-0.1, -0.05) is 6.92 Å². The molecule has 0 bridgehead atoms. The summed E-state index contributed by atoms with van der Waals surface area (Å²) in [6.45, 7) is 8.16. The van der Waals surface area contributed by atoms with Crippen molar-refractivity contribution in [1.82, 2.24) is 4.98 Å². The van der Waals surface area contributed by atoms with Gasteiger partial charge in [-0.15, -0.1) is 11.3 Å². The number of methoxy groups -OCH3 is 1. The first-order chi connectivity index (χ1) is 7.19. The molecule has 0 aliphatic carbocycles. The van der Waals surface area contributed by atoms with Gasteiger partial charge in [0.25, 0.3) is 0 Å². The van der Waals surface area contributed by atoms with E-state index in [0.29, 0.717) is 6.04 Å². The van der Waals surface area contributed by atoms with Crippen molar-refractivity contribution in [3.8, 4) is 0 Å². The SMILES string of the molecule is CCc1csc(N(CCOC)C(C)C)n1. The third-order valence-corrected chi connectivity index (χ3v) is 3.23. The second-order valence-electron chi connectivity index (χ2n) is 3.75. The molecule has 0 amide bonds. The third-order valence-electron chi connectivity index (χ3n) is 2.31. The minimum Gasteiger partial charge on any atom is -0.383 e. The zero-order chi connectivity index (χ0) is 11.3. The summed E-state index contributed by atoms with van der Waals surface area (Å²) in [4.78, 5) is 6.88. The molecule has 4 heteroatoms. The van der Waals surface area contributed by atoms with Crippen molar-refractivity contribution < 1.29 is 4.74 Å². The fourth-order valence-electron chi connectivity index (χ4n) is 1.35. The summed E-state index contributed by atoms with van der Waals surface area (Å²) < 4.78 is 5.11. The number of nitrogens with zero attached hydrogens (tertiary/aromatic N) is 2. The summed E-state index contributed by atoms with van der Waals surface area (Å²) in [6.07, 6.45) is 1.01. The first-order valence-electron chi connectivity index (χ1n) is 5.39. The largest absolute Gasteiger partial charge is 0.383 e. The molecule has 0 saturated carbocycles. The first kappa shape index (κ1) is 12.5. The van der Waals surface area contributed by atoms with Gasteiger partial charge >= 0.3 is 0 Å². The topological polar surface area (TPSA) is 25.4 Å². The number of hydrogen-bond donors (Lipinski definition) is 0. The van der Waals surface area contributed by atoms with E-state index in [2.05, 4.69) is 36.0 Å². The highest BCUT2D eigenvalue weighted by atomic mass is 32.1. The highest BCUT2D eigenvalue weighted by molar-refractivity contribution is 7.13. The van der Waals surface area contributed by atoms with Gasteiger partial charge in [0, 0.05) is 25.1 Å². The lowest BCUT2D eigenvalue weighted by Crippen LogP contribution is -2.33. The van der Waals surface area contributed by atoms with Crippen LogP contribution >= 0.6 is 11.3 Å². The molecule has 0 aromatic carbocycles. The van der Waals surface area contributed by atoms with Crippen LogP contribution in [-0.4, -0.2) is 31.3 Å². The molecule has 1 rings (SSSR count). The van der Waals surface area contributed by atoms with E-state index in [4.69, 9.17) is 4.74 Å². The van der Waals surface area contributed by atoms with Crippen molar-refractivity contribution >= 4 is 16.5 Å². The van der Waals surface area contributed by atoms with Gasteiger partial charge in [0.15, 0.2) is 5.13 Å². The zero-order valence-electron chi connectivity index (χ0n) is 9.99. The van der Waals surface area contributed by atoms with E-state index < -0.39 is 0 Å². The van der Waals surface area contributed by atoms with E-state index in [0.717, 1.165) is 24.7 Å². The lowest BCUT2D eigenvalue weighted by atomic mass is 10.3. The Balaban J connectivity index is 2.70. The Morgan fingerprint density at radius 3 is 2.73 bits per heavy atom. The van der Waals surface area contributed by atoms with Crippen LogP contribution in [-0.2, 0) is 11.2 Å². The van der Waals surface area contributed by atoms with Gasteiger partial charge < -0.3 is 9.64 Å². The lowest BCUT2D eigenvalue weighted by Gasteiger charge is -2.25. The maximum absolute atomic E-state index is 5.11. The van der Waals surface area contributed by atoms with Gasteiger partial charge in [0.05, 0.1) is 12.3 Å². The molecule has 0 spiro atoms. The van der Waals surface area contributed by atoms with Crippen molar-refractivity contribution in [1.29, 1.82) is 0 Å². The molecule has 0 saturated heterocycles. The smallest absolute Gasteiger partial charge is 0.185 e. The van der Waals surface area contributed by atoms with E-state index in [1.165, 1.54) is 5.69 Å². The first-order valence-corrected chi connectivity index (χ1v) is 6.27. The molecule has 0 aliphatic heterocycles. The molecule has 0 fully saturated rings. The minimum absolute atomic E-state index is 0.469. The van der Waals surface area contributed by atoms with Crippen molar-refractivity contribution in [2.75, 3.05) is 25.2 Å². The molecule has 0 unspecified atom stereocenters. The second-order valence-corrected chi connectivity index (χ2v) is 4.59. The normalized spacial score (nSPS) is 11.0. The maximum Gasteiger partial charge on any atom is 0.185 e. The minimum atomic E-state index is 0.469. The van der Waals surface area contributed by atoms with Crippen LogP contribution in [0.2, 0.25) is 0 Å². The van der Waals surface area contributed by atoms with Crippen LogP contribution in [0, 0.1) is 0 Å². The molecule has 1 aromatic rings. The molecule has 15 heavy (non-hydrogen) atoms. The molecule has 0 radical (unpaired) electrons. The highest BCUT2D eigenvalue weighted by Gasteiger charge is 2.13. The highest BCUT2D eigenvalue weighted by Crippen LogP contribution is 2.22. The number of rotatable bonds is 6. The van der Waals surface area contributed by atoms with Crippen molar-refractivity contribution in [3.05, 3.63) is 11.1 Å². The predicted octanol–water partition coefficient (Wildman–Crippen LogP) is 2.57.